The van der Waals surface area contributed by atoms with E-state index in [1.165, 1.54) is 0 Å². The molecular formula is C24H32N2O3. The summed E-state index contributed by atoms with van der Waals surface area (Å²) in [6.45, 7) is 9.72. The largest absolute Gasteiger partial charge is 0.491 e. The predicted molar refractivity (Wildman–Crippen MR) is 118 cm³/mol. The first-order valence-electron chi connectivity index (χ1n) is 10.5. The number of nitrogens with zero attached hydrogens (tertiary/aromatic N) is 1. The van der Waals surface area contributed by atoms with Crippen molar-refractivity contribution < 1.29 is 14.3 Å². The molecule has 29 heavy (non-hydrogen) atoms. The van der Waals surface area contributed by atoms with Crippen molar-refractivity contribution in [2.75, 3.05) is 18.4 Å². The highest BCUT2D eigenvalue weighted by Crippen LogP contribution is 2.17. The third kappa shape index (κ3) is 6.63. The topological polar surface area (TPSA) is 58.6 Å². The lowest BCUT2D eigenvalue weighted by molar-refractivity contribution is 0.0755. The maximum Gasteiger partial charge on any atom is 0.255 e. The first-order chi connectivity index (χ1) is 14.0. The van der Waals surface area contributed by atoms with Gasteiger partial charge in [0, 0.05) is 29.9 Å². The highest BCUT2D eigenvalue weighted by atomic mass is 16.5. The van der Waals surface area contributed by atoms with E-state index in [2.05, 4.69) is 26.1 Å². The maximum absolute atomic E-state index is 12.6. The van der Waals surface area contributed by atoms with Gasteiger partial charge in [-0.25, -0.2) is 0 Å². The van der Waals surface area contributed by atoms with E-state index >= 15 is 0 Å². The lowest BCUT2D eigenvalue weighted by Gasteiger charge is -2.21. The van der Waals surface area contributed by atoms with Crippen molar-refractivity contribution in [1.29, 1.82) is 0 Å². The molecule has 2 aromatic carbocycles. The van der Waals surface area contributed by atoms with Crippen LogP contribution in [0.25, 0.3) is 0 Å². The molecule has 2 amide bonds. The number of carbonyl (C=O) groups excluding carboxylic acids is 2. The van der Waals surface area contributed by atoms with Gasteiger partial charge in [-0.05, 0) is 74.7 Å². The van der Waals surface area contributed by atoms with Crippen LogP contribution in [0.4, 0.5) is 5.69 Å². The quantitative estimate of drug-likeness (QED) is 0.587. The first kappa shape index (κ1) is 22.5. The Balaban J connectivity index is 2.00. The number of benzene rings is 2. The molecule has 5 nitrogen and oxygen atoms in total. The number of ether oxygens (including phenoxy) is 1. The van der Waals surface area contributed by atoms with Gasteiger partial charge in [0.25, 0.3) is 11.8 Å². The van der Waals surface area contributed by atoms with E-state index in [1.807, 2.05) is 11.8 Å². The summed E-state index contributed by atoms with van der Waals surface area (Å²) < 4.78 is 5.74. The fourth-order valence-electron chi connectivity index (χ4n) is 2.94. The second-order valence-corrected chi connectivity index (χ2v) is 7.18. The van der Waals surface area contributed by atoms with Crippen molar-refractivity contribution >= 4 is 17.5 Å². The summed E-state index contributed by atoms with van der Waals surface area (Å²) in [5.41, 5.74) is 1.85. The van der Waals surface area contributed by atoms with Crippen LogP contribution in [0.2, 0.25) is 0 Å². The standard InChI is InChI=1S/C24H32N2O3/c1-5-16-26(17-6-2)24(28)20-8-12-21(13-9-20)25-23(27)19-10-14-22(15-11-19)29-18(4)7-3/h8-15,18H,5-7,16-17H2,1-4H3,(H,25,27). The van der Waals surface area contributed by atoms with Crippen molar-refractivity contribution in [3.05, 3.63) is 59.7 Å². The summed E-state index contributed by atoms with van der Waals surface area (Å²) >= 11 is 0. The van der Waals surface area contributed by atoms with Crippen LogP contribution in [0, 0.1) is 0 Å². The summed E-state index contributed by atoms with van der Waals surface area (Å²) in [4.78, 5) is 27.0. The van der Waals surface area contributed by atoms with Crippen LogP contribution in [0.1, 0.15) is 67.7 Å². The van der Waals surface area contributed by atoms with Gasteiger partial charge in [-0.3, -0.25) is 9.59 Å². The average Bonchev–Trinajstić information content (AvgIpc) is 2.74. The van der Waals surface area contributed by atoms with Crippen LogP contribution in [-0.4, -0.2) is 35.9 Å². The molecule has 0 fully saturated rings. The lowest BCUT2D eigenvalue weighted by Crippen LogP contribution is -2.32. The molecule has 1 N–H and O–H groups in total. The van der Waals surface area contributed by atoms with Gasteiger partial charge >= 0.3 is 0 Å². The van der Waals surface area contributed by atoms with Gasteiger partial charge < -0.3 is 15.0 Å². The molecule has 1 atom stereocenters. The Kier molecular flexibility index (Phi) is 8.71. The minimum absolute atomic E-state index is 0.0310. The van der Waals surface area contributed by atoms with Gasteiger partial charge in [0.1, 0.15) is 5.75 Å². The van der Waals surface area contributed by atoms with E-state index < -0.39 is 0 Å². The fourth-order valence-corrected chi connectivity index (χ4v) is 2.94. The van der Waals surface area contributed by atoms with Crippen molar-refractivity contribution in [3.63, 3.8) is 0 Å². The number of anilines is 1. The molecule has 0 aromatic heterocycles. The van der Waals surface area contributed by atoms with E-state index in [0.29, 0.717) is 16.8 Å². The Morgan fingerprint density at radius 1 is 0.897 bits per heavy atom. The van der Waals surface area contributed by atoms with Crippen molar-refractivity contribution in [3.8, 4) is 5.75 Å². The van der Waals surface area contributed by atoms with Gasteiger partial charge in [-0.2, -0.15) is 0 Å². The molecule has 0 aliphatic rings. The minimum Gasteiger partial charge on any atom is -0.491 e. The van der Waals surface area contributed by atoms with E-state index in [4.69, 9.17) is 4.74 Å². The van der Waals surface area contributed by atoms with E-state index in [-0.39, 0.29) is 17.9 Å². The zero-order valence-electron chi connectivity index (χ0n) is 17.9. The molecule has 1 unspecified atom stereocenters. The molecule has 0 aliphatic carbocycles. The molecule has 0 heterocycles. The number of hydrogen-bond donors (Lipinski definition) is 1. The lowest BCUT2D eigenvalue weighted by atomic mass is 10.1. The Labute approximate surface area is 174 Å². The van der Waals surface area contributed by atoms with Crippen molar-refractivity contribution in [2.24, 2.45) is 0 Å². The van der Waals surface area contributed by atoms with Crippen LogP contribution in [0.15, 0.2) is 48.5 Å². The van der Waals surface area contributed by atoms with Gasteiger partial charge in [-0.1, -0.05) is 20.8 Å². The van der Waals surface area contributed by atoms with Crippen LogP contribution < -0.4 is 10.1 Å². The van der Waals surface area contributed by atoms with Crippen LogP contribution in [-0.2, 0) is 0 Å². The number of hydrogen-bond acceptors (Lipinski definition) is 3. The molecule has 0 spiro atoms. The van der Waals surface area contributed by atoms with Crippen LogP contribution in [0.3, 0.4) is 0 Å². The van der Waals surface area contributed by atoms with Crippen molar-refractivity contribution in [2.45, 2.75) is 53.1 Å². The fraction of sp³-hybridized carbons (Fsp3) is 0.417. The summed E-state index contributed by atoms with van der Waals surface area (Å²) in [5.74, 6) is 0.587. The number of rotatable bonds is 10. The highest BCUT2D eigenvalue weighted by molar-refractivity contribution is 6.04. The Bertz CT molecular complexity index is 779. The van der Waals surface area contributed by atoms with Gasteiger partial charge in [-0.15, -0.1) is 0 Å². The average molecular weight is 397 g/mol. The van der Waals surface area contributed by atoms with E-state index in [1.54, 1.807) is 48.5 Å². The monoisotopic (exact) mass is 396 g/mol. The molecule has 2 aromatic rings. The second-order valence-electron chi connectivity index (χ2n) is 7.18. The SMILES string of the molecule is CCCN(CCC)C(=O)c1ccc(NC(=O)c2ccc(OC(C)CC)cc2)cc1. The molecule has 2 rings (SSSR count). The van der Waals surface area contributed by atoms with Crippen LogP contribution in [0.5, 0.6) is 5.75 Å². The Morgan fingerprint density at radius 2 is 1.45 bits per heavy atom. The van der Waals surface area contributed by atoms with Gasteiger partial charge in [0.15, 0.2) is 0 Å². The van der Waals surface area contributed by atoms with Crippen molar-refractivity contribution in [1.82, 2.24) is 4.90 Å². The highest BCUT2D eigenvalue weighted by Gasteiger charge is 2.14. The second kappa shape index (κ2) is 11.2. The molecule has 0 saturated heterocycles. The summed E-state index contributed by atoms with van der Waals surface area (Å²) in [6, 6.07) is 14.2. The molecule has 5 heteroatoms. The molecule has 0 radical (unpaired) electrons. The molecule has 0 aliphatic heterocycles. The molecular weight excluding hydrogens is 364 g/mol. The van der Waals surface area contributed by atoms with Gasteiger partial charge in [0.05, 0.1) is 6.10 Å². The maximum atomic E-state index is 12.6. The van der Waals surface area contributed by atoms with E-state index in [9.17, 15) is 9.59 Å². The van der Waals surface area contributed by atoms with E-state index in [0.717, 1.165) is 38.1 Å². The minimum atomic E-state index is -0.197. The smallest absolute Gasteiger partial charge is 0.255 e. The Morgan fingerprint density at radius 3 is 1.97 bits per heavy atom. The summed E-state index contributed by atoms with van der Waals surface area (Å²) in [5, 5.41) is 2.87. The number of nitrogens with one attached hydrogen (secondary N) is 1. The predicted octanol–water partition coefficient (Wildman–Crippen LogP) is 5.38. The number of amides is 2. The zero-order chi connectivity index (χ0) is 21.2. The third-order valence-corrected chi connectivity index (χ3v) is 4.69. The molecule has 156 valence electrons. The summed E-state index contributed by atoms with van der Waals surface area (Å²) in [6.07, 6.45) is 2.93. The Hall–Kier alpha value is -2.82. The molecule has 0 bridgehead atoms. The zero-order valence-corrected chi connectivity index (χ0v) is 17.9. The van der Waals surface area contributed by atoms with Crippen LogP contribution >= 0.6 is 0 Å². The third-order valence-electron chi connectivity index (χ3n) is 4.69. The number of carbonyl (C=O) groups is 2. The normalized spacial score (nSPS) is 11.6. The summed E-state index contributed by atoms with van der Waals surface area (Å²) in [7, 11) is 0. The molecule has 0 saturated carbocycles. The first-order valence-corrected chi connectivity index (χ1v) is 10.5. The van der Waals surface area contributed by atoms with Gasteiger partial charge in [0.2, 0.25) is 0 Å².